The molecule has 1 aliphatic rings. The molecule has 2 nitrogen and oxygen atoms in total. The summed E-state index contributed by atoms with van der Waals surface area (Å²) < 4.78 is 5.74. The van der Waals surface area contributed by atoms with Gasteiger partial charge in [0.15, 0.2) is 0 Å². The second-order valence-corrected chi connectivity index (χ2v) is 6.01. The van der Waals surface area contributed by atoms with Crippen LogP contribution in [-0.2, 0) is 11.3 Å². The lowest BCUT2D eigenvalue weighted by Gasteiger charge is -2.26. The Morgan fingerprint density at radius 1 is 1.33 bits per heavy atom. The molecular formula is C14H19Cl2NO. The third-order valence-corrected chi connectivity index (χ3v) is 4.08. The summed E-state index contributed by atoms with van der Waals surface area (Å²) in [5.74, 6) is 1.52. The number of aromatic nitrogens is 1. The summed E-state index contributed by atoms with van der Waals surface area (Å²) in [6, 6.07) is 3.45. The van der Waals surface area contributed by atoms with E-state index in [1.54, 1.807) is 12.1 Å². The first-order valence-corrected chi connectivity index (χ1v) is 7.29. The summed E-state index contributed by atoms with van der Waals surface area (Å²) in [5.41, 5.74) is 0.730. The highest BCUT2D eigenvalue weighted by atomic mass is 35.5. The molecule has 2 rings (SSSR count). The number of pyridine rings is 1. The number of halogens is 2. The Balaban J connectivity index is 1.79. The summed E-state index contributed by atoms with van der Waals surface area (Å²) in [4.78, 5) is 4.18. The van der Waals surface area contributed by atoms with Gasteiger partial charge in [0, 0.05) is 6.61 Å². The number of nitrogens with zero attached hydrogens (tertiary/aromatic N) is 1. The largest absolute Gasteiger partial charge is 0.375 e. The molecule has 1 fully saturated rings. The van der Waals surface area contributed by atoms with Crippen molar-refractivity contribution in [1.29, 1.82) is 0 Å². The third-order valence-electron chi connectivity index (χ3n) is 3.52. The standard InChI is InChI=1S/C14H19Cl2NO/c1-10-3-2-4-11(7-10)8-18-9-13-12(15)5-6-14(16)17-13/h5-6,10-11H,2-4,7-9H2,1H3. The summed E-state index contributed by atoms with van der Waals surface area (Å²) in [5, 5.41) is 1.08. The van der Waals surface area contributed by atoms with Gasteiger partial charge in [-0.15, -0.1) is 0 Å². The average molecular weight is 288 g/mol. The van der Waals surface area contributed by atoms with Crippen molar-refractivity contribution >= 4 is 23.2 Å². The van der Waals surface area contributed by atoms with Crippen molar-refractivity contribution in [3.05, 3.63) is 28.0 Å². The molecule has 0 saturated heterocycles. The van der Waals surface area contributed by atoms with Crippen molar-refractivity contribution in [1.82, 2.24) is 4.98 Å². The van der Waals surface area contributed by atoms with Gasteiger partial charge in [-0.2, -0.15) is 0 Å². The van der Waals surface area contributed by atoms with Crippen LogP contribution in [0.25, 0.3) is 0 Å². The Hall–Kier alpha value is -0.310. The Bertz CT molecular complexity index is 397. The van der Waals surface area contributed by atoms with Gasteiger partial charge in [0.25, 0.3) is 0 Å². The molecule has 0 N–H and O–H groups in total. The van der Waals surface area contributed by atoms with Gasteiger partial charge in [0.1, 0.15) is 5.15 Å². The molecule has 18 heavy (non-hydrogen) atoms. The van der Waals surface area contributed by atoms with E-state index < -0.39 is 0 Å². The second kappa shape index (κ2) is 6.74. The summed E-state index contributed by atoms with van der Waals surface area (Å²) >= 11 is 11.9. The normalized spacial score (nSPS) is 24.2. The fourth-order valence-corrected chi connectivity index (χ4v) is 2.92. The number of rotatable bonds is 4. The van der Waals surface area contributed by atoms with Crippen LogP contribution >= 0.6 is 23.2 Å². The topological polar surface area (TPSA) is 22.1 Å². The molecule has 0 aliphatic heterocycles. The highest BCUT2D eigenvalue weighted by molar-refractivity contribution is 6.32. The van der Waals surface area contributed by atoms with Crippen LogP contribution in [0.4, 0.5) is 0 Å². The van der Waals surface area contributed by atoms with Gasteiger partial charge in [0.05, 0.1) is 17.3 Å². The van der Waals surface area contributed by atoms with E-state index in [1.807, 2.05) is 0 Å². The maximum Gasteiger partial charge on any atom is 0.129 e. The predicted octanol–water partition coefficient (Wildman–Crippen LogP) is 4.73. The van der Waals surface area contributed by atoms with Crippen molar-refractivity contribution in [3.8, 4) is 0 Å². The smallest absolute Gasteiger partial charge is 0.129 e. The molecule has 1 aromatic heterocycles. The molecule has 2 unspecified atom stereocenters. The van der Waals surface area contributed by atoms with Crippen molar-refractivity contribution in [3.63, 3.8) is 0 Å². The molecule has 0 bridgehead atoms. The van der Waals surface area contributed by atoms with Gasteiger partial charge in [-0.3, -0.25) is 0 Å². The monoisotopic (exact) mass is 287 g/mol. The van der Waals surface area contributed by atoms with Crippen LogP contribution in [0, 0.1) is 11.8 Å². The van der Waals surface area contributed by atoms with E-state index in [2.05, 4.69) is 11.9 Å². The number of hydrogen-bond acceptors (Lipinski definition) is 2. The van der Waals surface area contributed by atoms with Crippen molar-refractivity contribution in [2.75, 3.05) is 6.61 Å². The lowest BCUT2D eigenvalue weighted by atomic mass is 9.83. The van der Waals surface area contributed by atoms with Crippen LogP contribution in [0.1, 0.15) is 38.3 Å². The minimum Gasteiger partial charge on any atom is -0.375 e. The summed E-state index contributed by atoms with van der Waals surface area (Å²) in [6.45, 7) is 3.57. The minimum atomic E-state index is 0.449. The maximum absolute atomic E-state index is 6.04. The van der Waals surface area contributed by atoms with Gasteiger partial charge in [-0.05, 0) is 36.8 Å². The number of hydrogen-bond donors (Lipinski definition) is 0. The van der Waals surface area contributed by atoms with E-state index >= 15 is 0 Å². The van der Waals surface area contributed by atoms with Crippen molar-refractivity contribution in [2.24, 2.45) is 11.8 Å². The van der Waals surface area contributed by atoms with Crippen molar-refractivity contribution in [2.45, 2.75) is 39.2 Å². The van der Waals surface area contributed by atoms with E-state index in [0.717, 1.165) is 18.2 Å². The summed E-state index contributed by atoms with van der Waals surface area (Å²) in [6.07, 6.45) is 5.24. The highest BCUT2D eigenvalue weighted by Crippen LogP contribution is 2.29. The molecule has 1 aliphatic carbocycles. The molecular weight excluding hydrogens is 269 g/mol. The van der Waals surface area contributed by atoms with Gasteiger partial charge < -0.3 is 4.74 Å². The van der Waals surface area contributed by atoms with Crippen LogP contribution in [0.15, 0.2) is 12.1 Å². The zero-order chi connectivity index (χ0) is 13.0. The minimum absolute atomic E-state index is 0.449. The van der Waals surface area contributed by atoms with Gasteiger partial charge in [0.2, 0.25) is 0 Å². The molecule has 1 heterocycles. The molecule has 1 aromatic rings. The Morgan fingerprint density at radius 3 is 2.94 bits per heavy atom. The van der Waals surface area contributed by atoms with E-state index in [0.29, 0.717) is 22.7 Å². The van der Waals surface area contributed by atoms with Crippen LogP contribution in [-0.4, -0.2) is 11.6 Å². The first-order chi connectivity index (χ1) is 8.65. The average Bonchev–Trinajstić information content (AvgIpc) is 2.34. The molecule has 0 aromatic carbocycles. The Kier molecular flexibility index (Phi) is 5.28. The van der Waals surface area contributed by atoms with Crippen LogP contribution in [0.3, 0.4) is 0 Å². The number of ether oxygens (including phenoxy) is 1. The molecule has 2 atom stereocenters. The lowest BCUT2D eigenvalue weighted by molar-refractivity contribution is 0.0641. The molecule has 4 heteroatoms. The van der Waals surface area contributed by atoms with Gasteiger partial charge >= 0.3 is 0 Å². The summed E-state index contributed by atoms with van der Waals surface area (Å²) in [7, 11) is 0. The van der Waals surface area contributed by atoms with E-state index in [4.69, 9.17) is 27.9 Å². The first-order valence-electron chi connectivity index (χ1n) is 6.54. The van der Waals surface area contributed by atoms with E-state index in [1.165, 1.54) is 25.7 Å². The second-order valence-electron chi connectivity index (χ2n) is 5.22. The quantitative estimate of drug-likeness (QED) is 0.747. The van der Waals surface area contributed by atoms with Crippen LogP contribution in [0.5, 0.6) is 0 Å². The molecule has 0 radical (unpaired) electrons. The SMILES string of the molecule is CC1CCCC(COCc2nc(Cl)ccc2Cl)C1. The fraction of sp³-hybridized carbons (Fsp3) is 0.643. The third kappa shape index (κ3) is 4.11. The van der Waals surface area contributed by atoms with Crippen LogP contribution in [0.2, 0.25) is 10.2 Å². The van der Waals surface area contributed by atoms with Crippen molar-refractivity contribution < 1.29 is 4.74 Å². The zero-order valence-electron chi connectivity index (χ0n) is 10.7. The molecule has 1 saturated carbocycles. The maximum atomic E-state index is 6.04. The molecule has 100 valence electrons. The van der Waals surface area contributed by atoms with Crippen LogP contribution < -0.4 is 0 Å². The Labute approximate surface area is 119 Å². The van der Waals surface area contributed by atoms with Gasteiger partial charge in [-0.25, -0.2) is 4.98 Å². The highest BCUT2D eigenvalue weighted by Gasteiger charge is 2.19. The Morgan fingerprint density at radius 2 is 2.17 bits per heavy atom. The first kappa shape index (κ1) is 14.1. The van der Waals surface area contributed by atoms with E-state index in [-0.39, 0.29) is 0 Å². The predicted molar refractivity (Wildman–Crippen MR) is 75.0 cm³/mol. The lowest BCUT2D eigenvalue weighted by Crippen LogP contribution is -2.18. The van der Waals surface area contributed by atoms with Gasteiger partial charge in [-0.1, -0.05) is 43.0 Å². The molecule has 0 amide bonds. The van der Waals surface area contributed by atoms with E-state index in [9.17, 15) is 0 Å². The fourth-order valence-electron chi connectivity index (χ4n) is 2.59. The zero-order valence-corrected chi connectivity index (χ0v) is 12.2. The molecule has 0 spiro atoms.